The predicted molar refractivity (Wildman–Crippen MR) is 120 cm³/mol. The Morgan fingerprint density at radius 2 is 1.81 bits per heavy atom. The largest absolute Gasteiger partial charge is 0.497 e. The second-order valence-corrected chi connectivity index (χ2v) is 7.10. The zero-order valence-electron chi connectivity index (χ0n) is 17.9. The summed E-state index contributed by atoms with van der Waals surface area (Å²) in [7, 11) is 1.57. The van der Waals surface area contributed by atoms with Crippen LogP contribution in [0.15, 0.2) is 60.8 Å². The van der Waals surface area contributed by atoms with E-state index in [1.807, 2.05) is 13.0 Å². The van der Waals surface area contributed by atoms with Gasteiger partial charge in [0.25, 0.3) is 0 Å². The van der Waals surface area contributed by atoms with Crippen molar-refractivity contribution in [2.75, 3.05) is 12.4 Å². The van der Waals surface area contributed by atoms with Crippen molar-refractivity contribution in [1.82, 2.24) is 4.98 Å². The molecule has 0 saturated heterocycles. The highest BCUT2D eigenvalue weighted by Gasteiger charge is 2.11. The molecule has 1 heterocycles. The Morgan fingerprint density at radius 1 is 1.06 bits per heavy atom. The Balaban J connectivity index is 1.51. The monoisotopic (exact) mass is 429 g/mol. The van der Waals surface area contributed by atoms with Gasteiger partial charge in [-0.3, -0.25) is 9.59 Å². The maximum Gasteiger partial charge on any atom is 0.237 e. The highest BCUT2D eigenvalue weighted by atomic mass is 16.5. The molecule has 0 unspecified atom stereocenters. The van der Waals surface area contributed by atoms with Crippen LogP contribution in [0.3, 0.4) is 0 Å². The van der Waals surface area contributed by atoms with Crippen LogP contribution in [0.1, 0.15) is 40.7 Å². The van der Waals surface area contributed by atoms with Gasteiger partial charge in [-0.05, 0) is 73.5 Å². The average Bonchev–Trinajstić information content (AvgIpc) is 2.81. The molecular weight excluding hydrogens is 406 g/mol. The number of nitrogens with one attached hydrogen (secondary N) is 1. The van der Waals surface area contributed by atoms with E-state index in [2.05, 4.69) is 10.3 Å². The number of hydrogen-bond acceptors (Lipinski definition) is 6. The van der Waals surface area contributed by atoms with Crippen molar-refractivity contribution in [3.05, 3.63) is 77.5 Å². The Bertz CT molecular complexity index is 1150. The van der Waals surface area contributed by atoms with Crippen molar-refractivity contribution in [3.8, 4) is 23.4 Å². The normalized spacial score (nSPS) is 10.2. The highest BCUT2D eigenvalue weighted by Crippen LogP contribution is 2.27. The number of methoxy groups -OCH3 is 1. The molecule has 0 bridgehead atoms. The number of carbonyl (C=O) groups excluding carboxylic acids is 2. The molecule has 0 radical (unpaired) electrons. The van der Waals surface area contributed by atoms with Crippen LogP contribution in [0.4, 0.5) is 5.69 Å². The Hall–Kier alpha value is -4.18. The van der Waals surface area contributed by atoms with Gasteiger partial charge in [0, 0.05) is 30.3 Å². The molecule has 0 aliphatic rings. The number of pyridine rings is 1. The van der Waals surface area contributed by atoms with Gasteiger partial charge in [0.1, 0.15) is 23.1 Å². The number of nitriles is 1. The summed E-state index contributed by atoms with van der Waals surface area (Å²) in [5.74, 6) is 1.26. The third kappa shape index (κ3) is 5.92. The molecule has 1 amide bonds. The molecular formula is C25H23N3O4. The van der Waals surface area contributed by atoms with E-state index in [-0.39, 0.29) is 30.4 Å². The first-order chi connectivity index (χ1) is 15.5. The minimum absolute atomic E-state index is 0.00982. The average molecular weight is 429 g/mol. The Labute approximate surface area is 186 Å². The number of amides is 1. The maximum atomic E-state index is 12.3. The first kappa shape index (κ1) is 22.5. The van der Waals surface area contributed by atoms with Crippen LogP contribution < -0.4 is 14.8 Å². The first-order valence-corrected chi connectivity index (χ1v) is 10.1. The van der Waals surface area contributed by atoms with Gasteiger partial charge in [-0.15, -0.1) is 0 Å². The molecule has 0 atom stereocenters. The number of nitrogens with zero attached hydrogens (tertiary/aromatic N) is 2. The van der Waals surface area contributed by atoms with Gasteiger partial charge in [-0.1, -0.05) is 0 Å². The van der Waals surface area contributed by atoms with Crippen LogP contribution in [-0.2, 0) is 4.79 Å². The van der Waals surface area contributed by atoms with Crippen LogP contribution in [-0.4, -0.2) is 23.8 Å². The number of aryl methyl sites for hydroxylation is 1. The fourth-order valence-electron chi connectivity index (χ4n) is 3.05. The summed E-state index contributed by atoms with van der Waals surface area (Å²) in [6, 6.07) is 17.5. The molecule has 0 aliphatic carbocycles. The number of hydrogen-bond donors (Lipinski definition) is 1. The van der Waals surface area contributed by atoms with Gasteiger partial charge in [0.2, 0.25) is 11.8 Å². The van der Waals surface area contributed by atoms with Crippen LogP contribution in [0.5, 0.6) is 17.4 Å². The lowest BCUT2D eigenvalue weighted by Crippen LogP contribution is -2.13. The predicted octanol–water partition coefficient (Wildman–Crippen LogP) is 5.05. The molecule has 162 valence electrons. The van der Waals surface area contributed by atoms with E-state index in [0.717, 1.165) is 5.56 Å². The fourth-order valence-corrected chi connectivity index (χ4v) is 3.05. The van der Waals surface area contributed by atoms with Gasteiger partial charge >= 0.3 is 0 Å². The maximum absolute atomic E-state index is 12.3. The third-order valence-corrected chi connectivity index (χ3v) is 4.80. The molecule has 7 nitrogen and oxygen atoms in total. The van der Waals surface area contributed by atoms with Crippen molar-refractivity contribution < 1.29 is 19.1 Å². The molecule has 0 saturated carbocycles. The Kier molecular flexibility index (Phi) is 7.55. The zero-order valence-corrected chi connectivity index (χ0v) is 17.9. The summed E-state index contributed by atoms with van der Waals surface area (Å²) in [6.45, 7) is 1.85. The molecule has 3 rings (SSSR count). The van der Waals surface area contributed by atoms with Crippen molar-refractivity contribution >= 4 is 17.4 Å². The standard InChI is InChI=1S/C25H23N3O4/c1-17-15-21(32-25-19(16-26)5-4-14-27-25)12-13-22(17)28-24(30)7-3-6-23(29)18-8-10-20(31-2)11-9-18/h4-5,8-15H,3,6-7H2,1-2H3,(H,28,30). The van der Waals surface area contributed by atoms with Crippen LogP contribution in [0.2, 0.25) is 0 Å². The van der Waals surface area contributed by atoms with Gasteiger partial charge in [0.15, 0.2) is 5.78 Å². The SMILES string of the molecule is COc1ccc(C(=O)CCCC(=O)Nc2ccc(Oc3ncccc3C#N)cc2C)cc1. The summed E-state index contributed by atoms with van der Waals surface area (Å²) in [4.78, 5) is 28.6. The van der Waals surface area contributed by atoms with E-state index < -0.39 is 0 Å². The zero-order chi connectivity index (χ0) is 22.9. The van der Waals surface area contributed by atoms with E-state index in [1.54, 1.807) is 67.9 Å². The van der Waals surface area contributed by atoms with Crippen molar-refractivity contribution in [2.45, 2.75) is 26.2 Å². The number of anilines is 1. The van der Waals surface area contributed by atoms with Gasteiger partial charge in [-0.2, -0.15) is 5.26 Å². The van der Waals surface area contributed by atoms with E-state index >= 15 is 0 Å². The lowest BCUT2D eigenvalue weighted by atomic mass is 10.1. The Morgan fingerprint density at radius 3 is 2.50 bits per heavy atom. The second kappa shape index (κ2) is 10.7. The number of ether oxygens (including phenoxy) is 2. The van der Waals surface area contributed by atoms with Gasteiger partial charge in [-0.25, -0.2) is 4.98 Å². The number of aromatic nitrogens is 1. The van der Waals surface area contributed by atoms with Crippen LogP contribution in [0, 0.1) is 18.3 Å². The third-order valence-electron chi connectivity index (χ3n) is 4.80. The first-order valence-electron chi connectivity index (χ1n) is 10.1. The molecule has 0 aliphatic heterocycles. The van der Waals surface area contributed by atoms with E-state index in [4.69, 9.17) is 14.7 Å². The lowest BCUT2D eigenvalue weighted by Gasteiger charge is -2.11. The quantitative estimate of drug-likeness (QED) is 0.478. The number of Topliss-reactive ketones (excluding diaryl/α,β-unsaturated/α-hetero) is 1. The molecule has 0 spiro atoms. The number of ketones is 1. The van der Waals surface area contributed by atoms with Crippen LogP contribution in [0.25, 0.3) is 0 Å². The summed E-state index contributed by atoms with van der Waals surface area (Å²) in [5, 5.41) is 12.0. The molecule has 32 heavy (non-hydrogen) atoms. The summed E-state index contributed by atoms with van der Waals surface area (Å²) in [5.41, 5.74) is 2.40. The van der Waals surface area contributed by atoms with Crippen molar-refractivity contribution in [2.24, 2.45) is 0 Å². The molecule has 2 aromatic carbocycles. The second-order valence-electron chi connectivity index (χ2n) is 7.10. The molecule has 0 fully saturated rings. The van der Waals surface area contributed by atoms with E-state index in [0.29, 0.717) is 34.7 Å². The highest BCUT2D eigenvalue weighted by molar-refractivity contribution is 5.97. The molecule has 1 aromatic heterocycles. The van der Waals surface area contributed by atoms with Gasteiger partial charge < -0.3 is 14.8 Å². The van der Waals surface area contributed by atoms with E-state index in [1.165, 1.54) is 0 Å². The van der Waals surface area contributed by atoms with Crippen LogP contribution >= 0.6 is 0 Å². The number of rotatable bonds is 9. The smallest absolute Gasteiger partial charge is 0.237 e. The topological polar surface area (TPSA) is 101 Å². The fraction of sp³-hybridized carbons (Fsp3) is 0.200. The van der Waals surface area contributed by atoms with Crippen molar-refractivity contribution in [1.29, 1.82) is 5.26 Å². The minimum Gasteiger partial charge on any atom is -0.497 e. The lowest BCUT2D eigenvalue weighted by molar-refractivity contribution is -0.116. The molecule has 3 aromatic rings. The summed E-state index contributed by atoms with van der Waals surface area (Å²) >= 11 is 0. The van der Waals surface area contributed by atoms with Crippen molar-refractivity contribution in [3.63, 3.8) is 0 Å². The van der Waals surface area contributed by atoms with Gasteiger partial charge in [0.05, 0.1) is 7.11 Å². The number of benzene rings is 2. The van der Waals surface area contributed by atoms with E-state index in [9.17, 15) is 9.59 Å². The summed E-state index contributed by atoms with van der Waals surface area (Å²) < 4.78 is 10.8. The summed E-state index contributed by atoms with van der Waals surface area (Å²) in [6.07, 6.45) is 2.53. The minimum atomic E-state index is -0.166. The molecule has 7 heteroatoms. The molecule has 1 N–H and O–H groups in total. The number of carbonyl (C=O) groups is 2.